The van der Waals surface area contributed by atoms with E-state index in [2.05, 4.69) is 0 Å². The number of benzene rings is 2. The number of ketones is 1. The van der Waals surface area contributed by atoms with Crippen LogP contribution in [0.25, 0.3) is 5.76 Å². The largest absolute Gasteiger partial charge is 0.507 e. The monoisotopic (exact) mass is 484 g/mol. The van der Waals surface area contributed by atoms with E-state index in [4.69, 9.17) is 18.9 Å². The molecule has 1 atom stereocenters. The number of Topliss-reactive ketones (excluding diaryl/α,β-unsaturated/α-hetero) is 1. The number of carbonyl (C=O) groups excluding carboxylic acids is 2. The number of hydrogen-bond acceptors (Lipinski definition) is 8. The first-order valence-corrected chi connectivity index (χ1v) is 11.1. The van der Waals surface area contributed by atoms with Gasteiger partial charge in [-0.3, -0.25) is 9.59 Å². The first-order chi connectivity index (χ1) is 16.8. The fourth-order valence-electron chi connectivity index (χ4n) is 4.18. The molecule has 9 nitrogen and oxygen atoms in total. The highest BCUT2D eigenvalue weighted by Crippen LogP contribution is 2.45. The normalized spacial score (nSPS) is 17.1. The smallest absolute Gasteiger partial charge is 0.295 e. The minimum Gasteiger partial charge on any atom is -0.507 e. The summed E-state index contributed by atoms with van der Waals surface area (Å²) in [6.45, 7) is 1.05. The van der Waals surface area contributed by atoms with Crippen molar-refractivity contribution < 1.29 is 33.6 Å². The molecule has 1 amide bonds. The Hall–Kier alpha value is -3.72. The number of methoxy groups -OCH3 is 4. The van der Waals surface area contributed by atoms with Crippen molar-refractivity contribution in [2.24, 2.45) is 0 Å². The predicted octanol–water partition coefficient (Wildman–Crippen LogP) is 3.09. The van der Waals surface area contributed by atoms with Crippen LogP contribution in [0.1, 0.15) is 23.6 Å². The number of nitrogens with zero attached hydrogens (tertiary/aromatic N) is 2. The summed E-state index contributed by atoms with van der Waals surface area (Å²) in [5.41, 5.74) is 0.951. The molecule has 2 aromatic rings. The van der Waals surface area contributed by atoms with Crippen LogP contribution in [-0.4, -0.2) is 82.2 Å². The Morgan fingerprint density at radius 3 is 2.03 bits per heavy atom. The zero-order chi connectivity index (χ0) is 25.7. The lowest BCUT2D eigenvalue weighted by molar-refractivity contribution is -0.139. The maximum absolute atomic E-state index is 13.2. The van der Waals surface area contributed by atoms with Gasteiger partial charge >= 0.3 is 0 Å². The highest BCUT2D eigenvalue weighted by atomic mass is 16.5. The molecule has 0 spiro atoms. The van der Waals surface area contributed by atoms with Crippen LogP contribution in [0.4, 0.5) is 0 Å². The lowest BCUT2D eigenvalue weighted by atomic mass is 9.94. The van der Waals surface area contributed by atoms with Crippen LogP contribution < -0.4 is 18.9 Å². The average Bonchev–Trinajstić information content (AvgIpc) is 3.12. The minimum atomic E-state index is -0.840. The molecule has 2 aromatic carbocycles. The summed E-state index contributed by atoms with van der Waals surface area (Å²) >= 11 is 0. The van der Waals surface area contributed by atoms with Crippen LogP contribution in [0.3, 0.4) is 0 Å². The second kappa shape index (κ2) is 11.1. The predicted molar refractivity (Wildman–Crippen MR) is 131 cm³/mol. The summed E-state index contributed by atoms with van der Waals surface area (Å²) in [6.07, 6.45) is 0.642. The Balaban J connectivity index is 2.20. The molecule has 9 heteroatoms. The van der Waals surface area contributed by atoms with Gasteiger partial charge in [0.15, 0.2) is 11.5 Å². The van der Waals surface area contributed by atoms with Crippen molar-refractivity contribution in [3.05, 3.63) is 53.1 Å². The number of aliphatic hydroxyl groups excluding tert-OH is 1. The minimum absolute atomic E-state index is 0.000655. The first kappa shape index (κ1) is 25.9. The molecule has 1 unspecified atom stereocenters. The van der Waals surface area contributed by atoms with Gasteiger partial charge in [0, 0.05) is 12.1 Å². The van der Waals surface area contributed by atoms with Crippen LogP contribution >= 0.6 is 0 Å². The molecule has 188 valence electrons. The molecule has 1 N–H and O–H groups in total. The Morgan fingerprint density at radius 2 is 1.54 bits per heavy atom. The Labute approximate surface area is 205 Å². The van der Waals surface area contributed by atoms with Crippen LogP contribution in [0.5, 0.6) is 23.0 Å². The molecule has 1 aliphatic rings. The van der Waals surface area contributed by atoms with Crippen molar-refractivity contribution in [1.29, 1.82) is 0 Å². The number of hydrogen-bond donors (Lipinski definition) is 1. The summed E-state index contributed by atoms with van der Waals surface area (Å²) < 4.78 is 21.6. The third-order valence-corrected chi connectivity index (χ3v) is 5.91. The van der Waals surface area contributed by atoms with E-state index in [-0.39, 0.29) is 11.3 Å². The van der Waals surface area contributed by atoms with Gasteiger partial charge in [-0.1, -0.05) is 0 Å². The van der Waals surface area contributed by atoms with Gasteiger partial charge in [-0.2, -0.15) is 0 Å². The molecule has 35 heavy (non-hydrogen) atoms. The van der Waals surface area contributed by atoms with Gasteiger partial charge in [-0.25, -0.2) is 0 Å². The van der Waals surface area contributed by atoms with Crippen LogP contribution in [0, 0.1) is 0 Å². The van der Waals surface area contributed by atoms with E-state index in [0.29, 0.717) is 47.1 Å². The molecule has 1 heterocycles. The first-order valence-electron chi connectivity index (χ1n) is 11.1. The molecule has 3 rings (SSSR count). The summed E-state index contributed by atoms with van der Waals surface area (Å²) in [4.78, 5) is 29.9. The van der Waals surface area contributed by atoms with Gasteiger partial charge < -0.3 is 33.9 Å². The number of aliphatic hydroxyl groups is 1. The Morgan fingerprint density at radius 1 is 0.943 bits per heavy atom. The van der Waals surface area contributed by atoms with Crippen molar-refractivity contribution in [3.8, 4) is 23.0 Å². The highest BCUT2D eigenvalue weighted by molar-refractivity contribution is 6.46. The number of rotatable bonds is 10. The van der Waals surface area contributed by atoms with Crippen LogP contribution in [-0.2, 0) is 9.59 Å². The second-order valence-electron chi connectivity index (χ2n) is 8.34. The Bertz CT molecular complexity index is 1080. The van der Waals surface area contributed by atoms with Crippen LogP contribution in [0.2, 0.25) is 0 Å². The van der Waals surface area contributed by atoms with Crippen molar-refractivity contribution >= 4 is 17.4 Å². The third kappa shape index (κ3) is 5.19. The van der Waals surface area contributed by atoms with Crippen LogP contribution in [0.15, 0.2) is 42.0 Å². The maximum Gasteiger partial charge on any atom is 0.295 e. The third-order valence-electron chi connectivity index (χ3n) is 5.91. The molecule has 1 aliphatic heterocycles. The van der Waals surface area contributed by atoms with Crippen molar-refractivity contribution in [1.82, 2.24) is 9.80 Å². The second-order valence-corrected chi connectivity index (χ2v) is 8.34. The maximum atomic E-state index is 13.2. The zero-order valence-corrected chi connectivity index (χ0v) is 21.0. The van der Waals surface area contributed by atoms with Crippen molar-refractivity contribution in [2.45, 2.75) is 12.5 Å². The van der Waals surface area contributed by atoms with E-state index >= 15 is 0 Å². The lowest BCUT2D eigenvalue weighted by Gasteiger charge is -2.27. The van der Waals surface area contributed by atoms with Gasteiger partial charge in [0.2, 0.25) is 5.75 Å². The Kier molecular flexibility index (Phi) is 8.24. The summed E-state index contributed by atoms with van der Waals surface area (Å²) in [6, 6.07) is 9.18. The van der Waals surface area contributed by atoms with E-state index in [1.54, 1.807) is 43.5 Å². The van der Waals surface area contributed by atoms with Gasteiger partial charge in [-0.05, 0) is 69.0 Å². The van der Waals surface area contributed by atoms with E-state index in [1.165, 1.54) is 26.2 Å². The molecular formula is C26H32N2O7. The van der Waals surface area contributed by atoms with E-state index in [9.17, 15) is 14.7 Å². The summed E-state index contributed by atoms with van der Waals surface area (Å²) in [7, 11) is 9.90. The number of amides is 1. The average molecular weight is 485 g/mol. The fourth-order valence-corrected chi connectivity index (χ4v) is 4.18. The van der Waals surface area contributed by atoms with Gasteiger partial charge in [0.1, 0.15) is 11.5 Å². The molecule has 1 fully saturated rings. The molecule has 0 radical (unpaired) electrons. The van der Waals surface area contributed by atoms with E-state index in [0.717, 1.165) is 6.54 Å². The van der Waals surface area contributed by atoms with Crippen molar-refractivity contribution in [3.63, 3.8) is 0 Å². The van der Waals surface area contributed by atoms with Gasteiger partial charge in [-0.15, -0.1) is 0 Å². The molecular weight excluding hydrogens is 452 g/mol. The standard InChI is InChI=1S/C26H32N2O7/c1-27(2)12-7-13-28-22(17-14-19(33-4)25(35-6)20(15-17)34-5)21(24(30)26(28)31)23(29)16-8-10-18(32-3)11-9-16/h8-11,14-15,22,29H,7,12-13H2,1-6H3/b23-21+. The van der Waals surface area contributed by atoms with E-state index < -0.39 is 17.7 Å². The van der Waals surface area contributed by atoms with E-state index in [1.807, 2.05) is 19.0 Å². The number of carbonyl (C=O) groups is 2. The summed E-state index contributed by atoms with van der Waals surface area (Å²) in [5.74, 6) is 0.0695. The molecule has 0 aromatic heterocycles. The highest BCUT2D eigenvalue weighted by Gasteiger charge is 2.46. The van der Waals surface area contributed by atoms with Crippen molar-refractivity contribution in [2.75, 3.05) is 55.6 Å². The zero-order valence-electron chi connectivity index (χ0n) is 21.0. The lowest BCUT2D eigenvalue weighted by Crippen LogP contribution is -2.32. The fraction of sp³-hybridized carbons (Fsp3) is 0.385. The molecule has 0 saturated carbocycles. The quantitative estimate of drug-likeness (QED) is 0.312. The molecule has 1 saturated heterocycles. The van der Waals surface area contributed by atoms with Gasteiger partial charge in [0.05, 0.1) is 40.1 Å². The number of likely N-dealkylation sites (tertiary alicyclic amines) is 1. The molecule has 0 bridgehead atoms. The number of ether oxygens (including phenoxy) is 4. The SMILES string of the molecule is COc1ccc(/C(O)=C2\C(=O)C(=O)N(CCCN(C)C)C2c2cc(OC)c(OC)c(OC)c2)cc1. The van der Waals surface area contributed by atoms with Gasteiger partial charge in [0.25, 0.3) is 11.7 Å². The summed E-state index contributed by atoms with van der Waals surface area (Å²) in [5, 5.41) is 11.2. The topological polar surface area (TPSA) is 97.8 Å². The molecule has 0 aliphatic carbocycles.